The van der Waals surface area contributed by atoms with Gasteiger partial charge < -0.3 is 29.6 Å². The summed E-state index contributed by atoms with van der Waals surface area (Å²) in [6.45, 7) is 4.30. The average Bonchev–Trinajstić information content (AvgIpc) is 3.54. The van der Waals surface area contributed by atoms with E-state index < -0.39 is 0 Å². The third kappa shape index (κ3) is 3.10. The lowest BCUT2D eigenvalue weighted by atomic mass is 10.0. The van der Waals surface area contributed by atoms with Crippen LogP contribution in [0.4, 0.5) is 11.8 Å². The predicted octanol–water partition coefficient (Wildman–Crippen LogP) is 3.22. The van der Waals surface area contributed by atoms with Gasteiger partial charge in [-0.05, 0) is 44.7 Å². The summed E-state index contributed by atoms with van der Waals surface area (Å²) < 4.78 is 5.71. The lowest BCUT2D eigenvalue weighted by Gasteiger charge is -2.38. The molecular formula is C25H29N7O2. The van der Waals surface area contributed by atoms with Gasteiger partial charge in [0.25, 0.3) is 0 Å². The minimum absolute atomic E-state index is 0.208. The molecule has 2 bridgehead atoms. The van der Waals surface area contributed by atoms with Gasteiger partial charge in [-0.25, -0.2) is 4.98 Å². The number of benzene rings is 1. The van der Waals surface area contributed by atoms with Crippen LogP contribution in [0.1, 0.15) is 32.6 Å². The van der Waals surface area contributed by atoms with E-state index in [0.29, 0.717) is 18.9 Å². The number of anilines is 2. The summed E-state index contributed by atoms with van der Waals surface area (Å²) in [4.78, 5) is 26.6. The van der Waals surface area contributed by atoms with Crippen molar-refractivity contribution in [2.45, 2.75) is 56.8 Å². The van der Waals surface area contributed by atoms with Crippen LogP contribution >= 0.6 is 0 Å². The molecule has 3 aliphatic heterocycles. The van der Waals surface area contributed by atoms with Crippen molar-refractivity contribution >= 4 is 33.8 Å². The molecule has 9 heteroatoms. The zero-order valence-corrected chi connectivity index (χ0v) is 19.2. The van der Waals surface area contributed by atoms with Crippen molar-refractivity contribution in [1.29, 1.82) is 0 Å². The Kier molecular flexibility index (Phi) is 4.57. The zero-order chi connectivity index (χ0) is 22.8. The number of nitrogens with one attached hydrogen (secondary N) is 2. The summed E-state index contributed by atoms with van der Waals surface area (Å²) in [5.74, 6) is 2.42. The van der Waals surface area contributed by atoms with Crippen LogP contribution in [0.5, 0.6) is 0 Å². The number of nitrogens with zero attached hydrogens (tertiary/aromatic N) is 5. The van der Waals surface area contributed by atoms with Crippen molar-refractivity contribution in [3.8, 4) is 11.4 Å². The highest BCUT2D eigenvalue weighted by Gasteiger charge is 2.42. The quantitative estimate of drug-likeness (QED) is 0.432. The van der Waals surface area contributed by atoms with E-state index in [0.717, 1.165) is 71.8 Å². The van der Waals surface area contributed by atoms with Crippen LogP contribution in [-0.2, 0) is 4.74 Å². The number of morpholine rings is 1. The summed E-state index contributed by atoms with van der Waals surface area (Å²) in [7, 11) is 0. The standard InChI is InChI=1S/C25H29N7O2/c1-14-13-34-10-9-31(14)24-21-23(28-22(27-21)19-3-2-4-20-18(19)7-8-26-20)29-25(30-24)32-15-5-6-16(32)12-17(33)11-15/h2-4,7-8,14-17,26,33H,5-6,9-13H2,1H3,(H,27,28,29,30). The SMILES string of the molecule is CC1COCCN1c1nc(N2C3CCC2CC(O)C3)nc2nc(-c3cccc4[nH]ccc34)[nH]c12. The maximum atomic E-state index is 10.3. The monoisotopic (exact) mass is 459 g/mol. The van der Waals surface area contributed by atoms with Crippen molar-refractivity contribution in [2.24, 2.45) is 0 Å². The van der Waals surface area contributed by atoms with E-state index in [1.54, 1.807) is 0 Å². The van der Waals surface area contributed by atoms with Crippen molar-refractivity contribution in [3.63, 3.8) is 0 Å². The molecule has 0 radical (unpaired) electrons. The van der Waals surface area contributed by atoms with Crippen LogP contribution in [0.25, 0.3) is 33.5 Å². The van der Waals surface area contributed by atoms with Gasteiger partial charge in [-0.1, -0.05) is 12.1 Å². The van der Waals surface area contributed by atoms with Gasteiger partial charge in [0.2, 0.25) is 5.95 Å². The first-order valence-corrected chi connectivity index (χ1v) is 12.3. The molecule has 3 fully saturated rings. The van der Waals surface area contributed by atoms with E-state index in [1.165, 1.54) is 0 Å². The molecule has 3 aliphatic rings. The number of aliphatic hydroxyl groups is 1. The molecule has 0 saturated carbocycles. The molecule has 34 heavy (non-hydrogen) atoms. The van der Waals surface area contributed by atoms with Gasteiger partial charge in [0.15, 0.2) is 11.5 Å². The number of imidazole rings is 1. The van der Waals surface area contributed by atoms with Gasteiger partial charge in [0.1, 0.15) is 11.3 Å². The van der Waals surface area contributed by atoms with Gasteiger partial charge in [0, 0.05) is 41.3 Å². The molecule has 6 heterocycles. The van der Waals surface area contributed by atoms with Gasteiger partial charge in [-0.2, -0.15) is 9.97 Å². The normalized spacial score (nSPS) is 27.2. The Labute approximate surface area is 197 Å². The van der Waals surface area contributed by atoms with E-state index in [9.17, 15) is 5.11 Å². The first-order chi connectivity index (χ1) is 16.7. The molecule has 9 nitrogen and oxygen atoms in total. The first-order valence-electron chi connectivity index (χ1n) is 12.3. The molecule has 0 amide bonds. The highest BCUT2D eigenvalue weighted by atomic mass is 16.5. The van der Waals surface area contributed by atoms with E-state index in [-0.39, 0.29) is 24.2 Å². The van der Waals surface area contributed by atoms with E-state index in [2.05, 4.69) is 44.9 Å². The number of aromatic amines is 2. The fourth-order valence-electron chi connectivity index (χ4n) is 6.13. The third-order valence-electron chi connectivity index (χ3n) is 7.75. The van der Waals surface area contributed by atoms with Crippen molar-refractivity contribution < 1.29 is 9.84 Å². The Morgan fingerprint density at radius 3 is 2.76 bits per heavy atom. The molecule has 4 aromatic rings. The van der Waals surface area contributed by atoms with E-state index >= 15 is 0 Å². The second-order valence-corrected chi connectivity index (χ2v) is 9.91. The molecule has 3 atom stereocenters. The minimum Gasteiger partial charge on any atom is -0.393 e. The number of hydrogen-bond acceptors (Lipinski definition) is 7. The van der Waals surface area contributed by atoms with Gasteiger partial charge >= 0.3 is 0 Å². The van der Waals surface area contributed by atoms with Crippen LogP contribution < -0.4 is 9.80 Å². The predicted molar refractivity (Wildman–Crippen MR) is 131 cm³/mol. The Bertz CT molecular complexity index is 1350. The molecule has 0 aliphatic carbocycles. The summed E-state index contributed by atoms with van der Waals surface area (Å²) in [6, 6.07) is 9.06. The lowest BCUT2D eigenvalue weighted by Crippen LogP contribution is -2.47. The number of piperidine rings is 1. The Morgan fingerprint density at radius 2 is 1.94 bits per heavy atom. The molecule has 176 valence electrons. The van der Waals surface area contributed by atoms with Crippen molar-refractivity contribution in [3.05, 3.63) is 30.5 Å². The van der Waals surface area contributed by atoms with Crippen LogP contribution in [0.2, 0.25) is 0 Å². The van der Waals surface area contributed by atoms with E-state index in [4.69, 9.17) is 19.7 Å². The number of hydrogen-bond donors (Lipinski definition) is 3. The molecule has 0 spiro atoms. The number of fused-ring (bicyclic) bond motifs is 4. The molecule has 3 aromatic heterocycles. The van der Waals surface area contributed by atoms with Crippen molar-refractivity contribution in [1.82, 2.24) is 24.9 Å². The van der Waals surface area contributed by atoms with E-state index in [1.807, 2.05) is 12.3 Å². The van der Waals surface area contributed by atoms with Gasteiger partial charge in [-0.3, -0.25) is 0 Å². The maximum absolute atomic E-state index is 10.3. The number of aliphatic hydroxyl groups excluding tert-OH is 1. The molecule has 3 saturated heterocycles. The Morgan fingerprint density at radius 1 is 1.09 bits per heavy atom. The first kappa shape index (κ1) is 20.2. The molecular weight excluding hydrogens is 430 g/mol. The fraction of sp³-hybridized carbons (Fsp3) is 0.480. The molecule has 3 N–H and O–H groups in total. The fourth-order valence-corrected chi connectivity index (χ4v) is 6.13. The largest absolute Gasteiger partial charge is 0.393 e. The average molecular weight is 460 g/mol. The van der Waals surface area contributed by atoms with Crippen LogP contribution in [0.15, 0.2) is 30.5 Å². The molecule has 1 aromatic carbocycles. The van der Waals surface area contributed by atoms with Crippen LogP contribution in [0, 0.1) is 0 Å². The lowest BCUT2D eigenvalue weighted by molar-refractivity contribution is 0.0986. The minimum atomic E-state index is -0.227. The van der Waals surface area contributed by atoms with Crippen molar-refractivity contribution in [2.75, 3.05) is 29.6 Å². The molecule has 7 rings (SSSR count). The zero-order valence-electron chi connectivity index (χ0n) is 19.2. The highest BCUT2D eigenvalue weighted by molar-refractivity contribution is 5.96. The highest BCUT2D eigenvalue weighted by Crippen LogP contribution is 2.40. The maximum Gasteiger partial charge on any atom is 0.230 e. The van der Waals surface area contributed by atoms with Gasteiger partial charge in [0.05, 0.1) is 25.4 Å². The number of ether oxygens (including phenoxy) is 1. The topological polar surface area (TPSA) is 106 Å². The number of aromatic nitrogens is 5. The van der Waals surface area contributed by atoms with Gasteiger partial charge in [-0.15, -0.1) is 0 Å². The second-order valence-electron chi connectivity index (χ2n) is 9.91. The smallest absolute Gasteiger partial charge is 0.230 e. The summed E-state index contributed by atoms with van der Waals surface area (Å²) in [5, 5.41) is 11.4. The Balaban J connectivity index is 1.40. The summed E-state index contributed by atoms with van der Waals surface area (Å²) in [5.41, 5.74) is 3.67. The number of H-pyrrole nitrogens is 2. The van der Waals surface area contributed by atoms with Crippen LogP contribution in [0.3, 0.4) is 0 Å². The Hall–Kier alpha value is -3.17. The van der Waals surface area contributed by atoms with Crippen LogP contribution in [-0.4, -0.2) is 74.0 Å². The second kappa shape index (κ2) is 7.68. The summed E-state index contributed by atoms with van der Waals surface area (Å²) in [6.07, 6.45) is 5.44. The molecule has 3 unspecified atom stereocenters. The summed E-state index contributed by atoms with van der Waals surface area (Å²) >= 11 is 0. The third-order valence-corrected chi connectivity index (χ3v) is 7.75. The number of rotatable bonds is 3.